The van der Waals surface area contributed by atoms with Gasteiger partial charge in [-0.3, -0.25) is 4.79 Å². The van der Waals surface area contributed by atoms with Gasteiger partial charge >= 0.3 is 5.97 Å². The van der Waals surface area contributed by atoms with Crippen LogP contribution in [-0.2, 0) is 14.0 Å². The highest BCUT2D eigenvalue weighted by Gasteiger charge is 2.39. The van der Waals surface area contributed by atoms with Crippen LogP contribution < -0.4 is 0 Å². The van der Waals surface area contributed by atoms with Crippen LogP contribution in [0.2, 0.25) is 18.1 Å². The molecular weight excluding hydrogens is 256 g/mol. The molecule has 0 aromatic rings. The lowest BCUT2D eigenvalue weighted by Crippen LogP contribution is -2.44. The highest BCUT2D eigenvalue weighted by molar-refractivity contribution is 6.74. The maximum absolute atomic E-state index is 11.5. The summed E-state index contributed by atoms with van der Waals surface area (Å²) in [4.78, 5) is 11.5. The van der Waals surface area contributed by atoms with Crippen LogP contribution in [-0.4, -0.2) is 27.5 Å². The zero-order valence-electron chi connectivity index (χ0n) is 13.6. The summed E-state index contributed by atoms with van der Waals surface area (Å²) in [6.45, 7) is 13.1. The lowest BCUT2D eigenvalue weighted by molar-refractivity contribution is -0.142. The molecule has 0 amide bonds. The number of hydrogen-bond acceptors (Lipinski definition) is 3. The van der Waals surface area contributed by atoms with E-state index in [4.69, 9.17) is 9.16 Å². The number of carbonyl (C=O) groups is 1. The quantitative estimate of drug-likeness (QED) is 0.398. The number of carbonyl (C=O) groups excluding carboxylic acids is 1. The van der Waals surface area contributed by atoms with Gasteiger partial charge in [-0.25, -0.2) is 0 Å². The van der Waals surface area contributed by atoms with Crippen molar-refractivity contribution in [1.82, 2.24) is 0 Å². The summed E-state index contributed by atoms with van der Waals surface area (Å²) in [5.74, 6) is -0.191. The van der Waals surface area contributed by atoms with Gasteiger partial charge in [0.05, 0.1) is 19.6 Å². The Balaban J connectivity index is 4.69. The van der Waals surface area contributed by atoms with E-state index in [9.17, 15) is 4.79 Å². The molecule has 1 atom stereocenters. The molecule has 0 bridgehead atoms. The van der Waals surface area contributed by atoms with Crippen molar-refractivity contribution >= 4 is 14.3 Å². The van der Waals surface area contributed by atoms with E-state index in [-0.39, 0.29) is 17.1 Å². The van der Waals surface area contributed by atoms with Gasteiger partial charge in [-0.05, 0) is 37.9 Å². The zero-order chi connectivity index (χ0) is 15.1. The van der Waals surface area contributed by atoms with Crippen LogP contribution in [0.25, 0.3) is 0 Å². The fourth-order valence-corrected chi connectivity index (χ4v) is 2.90. The van der Waals surface area contributed by atoms with Crippen molar-refractivity contribution in [3.05, 3.63) is 12.2 Å². The molecule has 112 valence electrons. The summed E-state index contributed by atoms with van der Waals surface area (Å²) in [5, 5.41) is 0.155. The number of esters is 1. The Kier molecular flexibility index (Phi) is 7.60. The predicted molar refractivity (Wildman–Crippen MR) is 82.8 cm³/mol. The van der Waals surface area contributed by atoms with Crippen LogP contribution in [0.1, 0.15) is 47.0 Å². The molecule has 4 heteroatoms. The van der Waals surface area contributed by atoms with Gasteiger partial charge in [0.2, 0.25) is 0 Å². The van der Waals surface area contributed by atoms with E-state index in [1.165, 1.54) is 7.11 Å². The van der Waals surface area contributed by atoms with Gasteiger partial charge in [0.15, 0.2) is 8.32 Å². The summed E-state index contributed by atoms with van der Waals surface area (Å²) >= 11 is 0. The first-order chi connectivity index (χ1) is 8.64. The highest BCUT2D eigenvalue weighted by atomic mass is 28.4. The van der Waals surface area contributed by atoms with Gasteiger partial charge in [0.1, 0.15) is 0 Å². The largest absolute Gasteiger partial charge is 0.469 e. The van der Waals surface area contributed by atoms with Gasteiger partial charge < -0.3 is 9.16 Å². The van der Waals surface area contributed by atoms with Crippen molar-refractivity contribution in [2.45, 2.75) is 71.2 Å². The average Bonchev–Trinajstić information content (AvgIpc) is 2.27. The molecule has 0 saturated carbocycles. The molecule has 19 heavy (non-hydrogen) atoms. The normalized spacial score (nSPS) is 14.7. The van der Waals surface area contributed by atoms with Crippen LogP contribution in [0.3, 0.4) is 0 Å². The minimum Gasteiger partial charge on any atom is -0.469 e. The topological polar surface area (TPSA) is 35.5 Å². The molecule has 0 aliphatic heterocycles. The van der Waals surface area contributed by atoms with Gasteiger partial charge in [0, 0.05) is 0 Å². The Morgan fingerprint density at radius 2 is 1.89 bits per heavy atom. The summed E-state index contributed by atoms with van der Waals surface area (Å²) in [5.41, 5.74) is 0. The van der Waals surface area contributed by atoms with Gasteiger partial charge in [0.25, 0.3) is 0 Å². The minimum absolute atomic E-state index is 0.0375. The highest BCUT2D eigenvalue weighted by Crippen LogP contribution is 2.38. The summed E-state index contributed by atoms with van der Waals surface area (Å²) in [7, 11) is -0.411. The molecule has 0 aliphatic carbocycles. The second-order valence-corrected chi connectivity index (χ2v) is 11.2. The Morgan fingerprint density at radius 1 is 1.32 bits per heavy atom. The van der Waals surface area contributed by atoms with Crippen LogP contribution in [0.4, 0.5) is 0 Å². The first-order valence-electron chi connectivity index (χ1n) is 7.00. The summed E-state index contributed by atoms with van der Waals surface area (Å²) < 4.78 is 11.1. The van der Waals surface area contributed by atoms with Crippen molar-refractivity contribution in [2.75, 3.05) is 7.11 Å². The van der Waals surface area contributed by atoms with Crippen molar-refractivity contribution in [2.24, 2.45) is 0 Å². The molecule has 0 unspecified atom stereocenters. The smallest absolute Gasteiger partial charge is 0.308 e. The molecular formula is C15H30O3Si. The predicted octanol–water partition coefficient (Wildman–Crippen LogP) is 4.30. The zero-order valence-corrected chi connectivity index (χ0v) is 14.6. The van der Waals surface area contributed by atoms with Crippen molar-refractivity contribution < 1.29 is 14.0 Å². The third-order valence-electron chi connectivity index (χ3n) is 3.78. The maximum atomic E-state index is 11.5. The number of rotatable bonds is 7. The van der Waals surface area contributed by atoms with E-state index in [2.05, 4.69) is 39.9 Å². The SMILES string of the molecule is C/C=C/CC[C@H](CC(=O)OC)O[Si](C)(C)C(C)(C)C. The molecule has 0 aliphatic rings. The Bertz CT molecular complexity index is 303. The van der Waals surface area contributed by atoms with E-state index in [0.717, 1.165) is 12.8 Å². The third-order valence-corrected chi connectivity index (χ3v) is 8.32. The fraction of sp³-hybridized carbons (Fsp3) is 0.800. The lowest BCUT2D eigenvalue weighted by atomic mass is 10.1. The monoisotopic (exact) mass is 286 g/mol. The molecule has 0 rings (SSSR count). The molecule has 0 radical (unpaired) electrons. The first kappa shape index (κ1) is 18.4. The second-order valence-electron chi connectivity index (χ2n) is 6.43. The number of hydrogen-bond donors (Lipinski definition) is 0. The molecule has 0 spiro atoms. The second kappa shape index (κ2) is 7.85. The Hall–Kier alpha value is -0.613. The van der Waals surface area contributed by atoms with E-state index in [1.54, 1.807) is 0 Å². The lowest BCUT2D eigenvalue weighted by Gasteiger charge is -2.39. The van der Waals surface area contributed by atoms with E-state index in [0.29, 0.717) is 6.42 Å². The molecule has 0 aromatic carbocycles. The van der Waals surface area contributed by atoms with Crippen LogP contribution in [0.5, 0.6) is 0 Å². The standard InChI is InChI=1S/C15H30O3Si/c1-8-9-10-11-13(12-14(16)17-5)18-19(6,7)15(2,3)4/h8-9,13H,10-12H2,1-7H3/b9-8+/t13-/m1/s1. The fourth-order valence-electron chi connectivity index (χ4n) is 1.51. The van der Waals surface area contributed by atoms with Gasteiger partial charge in [-0.2, -0.15) is 0 Å². The van der Waals surface area contributed by atoms with Gasteiger partial charge in [-0.15, -0.1) is 0 Å². The van der Waals surface area contributed by atoms with E-state index >= 15 is 0 Å². The van der Waals surface area contributed by atoms with Crippen molar-refractivity contribution in [1.29, 1.82) is 0 Å². The van der Waals surface area contributed by atoms with Gasteiger partial charge in [-0.1, -0.05) is 32.9 Å². The van der Waals surface area contributed by atoms with Crippen molar-refractivity contribution in [3.63, 3.8) is 0 Å². The minimum atomic E-state index is -1.84. The van der Waals surface area contributed by atoms with E-state index < -0.39 is 8.32 Å². The number of methoxy groups -OCH3 is 1. The molecule has 0 N–H and O–H groups in total. The van der Waals surface area contributed by atoms with E-state index in [1.807, 2.05) is 13.0 Å². The molecule has 3 nitrogen and oxygen atoms in total. The first-order valence-corrected chi connectivity index (χ1v) is 9.90. The molecule has 0 aromatic heterocycles. The Morgan fingerprint density at radius 3 is 2.32 bits per heavy atom. The van der Waals surface area contributed by atoms with Crippen molar-refractivity contribution in [3.8, 4) is 0 Å². The molecule has 0 saturated heterocycles. The maximum Gasteiger partial charge on any atom is 0.308 e. The molecule has 0 fully saturated rings. The number of ether oxygens (including phenoxy) is 1. The summed E-state index contributed by atoms with van der Waals surface area (Å²) in [6.07, 6.45) is 6.25. The molecule has 0 heterocycles. The van der Waals surface area contributed by atoms with Crippen LogP contribution >= 0.6 is 0 Å². The summed E-state index contributed by atoms with van der Waals surface area (Å²) in [6, 6.07) is 0. The van der Waals surface area contributed by atoms with Crippen LogP contribution in [0, 0.1) is 0 Å². The average molecular weight is 286 g/mol. The number of allylic oxidation sites excluding steroid dienone is 2. The van der Waals surface area contributed by atoms with Crippen LogP contribution in [0.15, 0.2) is 12.2 Å². The third kappa shape index (κ3) is 6.92. The Labute approximate surface area is 119 Å².